The lowest BCUT2D eigenvalue weighted by Crippen LogP contribution is -2.41. The summed E-state index contributed by atoms with van der Waals surface area (Å²) in [4.78, 5) is 17.1. The van der Waals surface area contributed by atoms with Crippen molar-refractivity contribution >= 4 is 27.8 Å². The SMILES string of the molecule is COc1ccc2[nH]c3c(N(CCN4CCOCC4)Cc4ccccc4F)ncnc3c2c1. The van der Waals surface area contributed by atoms with Gasteiger partial charge >= 0.3 is 0 Å². The molecule has 8 heteroatoms. The van der Waals surface area contributed by atoms with Gasteiger partial charge in [-0.2, -0.15) is 0 Å². The first kappa shape index (κ1) is 20.7. The Balaban J connectivity index is 1.54. The van der Waals surface area contributed by atoms with Gasteiger partial charge in [0.25, 0.3) is 0 Å². The fourth-order valence-electron chi connectivity index (χ4n) is 4.20. The number of fused-ring (bicyclic) bond motifs is 3. The van der Waals surface area contributed by atoms with Crippen molar-refractivity contribution in [2.75, 3.05) is 51.4 Å². The molecule has 0 spiro atoms. The Hall–Kier alpha value is -3.23. The summed E-state index contributed by atoms with van der Waals surface area (Å²) in [6.45, 7) is 5.26. The molecule has 7 nitrogen and oxygen atoms in total. The zero-order valence-electron chi connectivity index (χ0n) is 18.1. The average molecular weight is 436 g/mol. The number of morpholine rings is 1. The summed E-state index contributed by atoms with van der Waals surface area (Å²) in [6, 6.07) is 12.8. The van der Waals surface area contributed by atoms with Crippen LogP contribution in [0.5, 0.6) is 5.75 Å². The van der Waals surface area contributed by atoms with Crippen LogP contribution in [0.4, 0.5) is 10.2 Å². The van der Waals surface area contributed by atoms with Crippen molar-refractivity contribution in [1.29, 1.82) is 0 Å². The predicted molar refractivity (Wildman–Crippen MR) is 123 cm³/mol. The van der Waals surface area contributed by atoms with Crippen molar-refractivity contribution in [2.45, 2.75) is 6.54 Å². The first-order valence-corrected chi connectivity index (χ1v) is 10.8. The number of hydrogen-bond acceptors (Lipinski definition) is 6. The van der Waals surface area contributed by atoms with E-state index >= 15 is 0 Å². The molecule has 0 unspecified atom stereocenters. The number of nitrogens with one attached hydrogen (secondary N) is 1. The topological polar surface area (TPSA) is 66.5 Å². The van der Waals surface area contributed by atoms with Crippen molar-refractivity contribution in [1.82, 2.24) is 19.9 Å². The first-order chi connectivity index (χ1) is 15.7. The minimum atomic E-state index is -0.212. The molecule has 0 atom stereocenters. The fourth-order valence-corrected chi connectivity index (χ4v) is 4.20. The molecular formula is C24H26FN5O2. The summed E-state index contributed by atoms with van der Waals surface area (Å²) in [6.07, 6.45) is 1.58. The molecule has 166 valence electrons. The molecule has 0 bridgehead atoms. The van der Waals surface area contributed by atoms with Crippen LogP contribution in [-0.4, -0.2) is 66.4 Å². The maximum absolute atomic E-state index is 14.5. The van der Waals surface area contributed by atoms with Crippen LogP contribution in [-0.2, 0) is 11.3 Å². The van der Waals surface area contributed by atoms with Crippen LogP contribution < -0.4 is 9.64 Å². The number of methoxy groups -OCH3 is 1. The van der Waals surface area contributed by atoms with E-state index in [-0.39, 0.29) is 5.82 Å². The largest absolute Gasteiger partial charge is 0.497 e. The predicted octanol–water partition coefficient (Wildman–Crippen LogP) is 3.60. The normalized spacial score (nSPS) is 14.8. The van der Waals surface area contributed by atoms with Crippen LogP contribution in [0.2, 0.25) is 0 Å². The molecular weight excluding hydrogens is 409 g/mol. The lowest BCUT2D eigenvalue weighted by atomic mass is 10.2. The van der Waals surface area contributed by atoms with Crippen molar-refractivity contribution in [3.05, 3.63) is 60.2 Å². The summed E-state index contributed by atoms with van der Waals surface area (Å²) < 4.78 is 25.4. The smallest absolute Gasteiger partial charge is 0.156 e. The quantitative estimate of drug-likeness (QED) is 0.479. The van der Waals surface area contributed by atoms with Gasteiger partial charge in [-0.3, -0.25) is 4.90 Å². The van der Waals surface area contributed by atoms with Crippen LogP contribution in [0, 0.1) is 5.82 Å². The molecule has 1 N–H and O–H groups in total. The number of benzene rings is 2. The molecule has 1 aliphatic heterocycles. The molecule has 2 aromatic heterocycles. The molecule has 0 aliphatic carbocycles. The molecule has 0 radical (unpaired) electrons. The van der Waals surface area contributed by atoms with Gasteiger partial charge in [0.2, 0.25) is 0 Å². The lowest BCUT2D eigenvalue weighted by molar-refractivity contribution is 0.0391. The molecule has 0 saturated carbocycles. The Kier molecular flexibility index (Phi) is 5.87. The Morgan fingerprint density at radius 2 is 2.00 bits per heavy atom. The molecule has 2 aromatic carbocycles. The van der Waals surface area contributed by atoms with Crippen LogP contribution in [0.25, 0.3) is 21.9 Å². The molecule has 4 aromatic rings. The van der Waals surface area contributed by atoms with Gasteiger partial charge in [-0.1, -0.05) is 18.2 Å². The lowest BCUT2D eigenvalue weighted by Gasteiger charge is -2.31. The van der Waals surface area contributed by atoms with E-state index in [1.807, 2.05) is 30.3 Å². The molecule has 3 heterocycles. The second-order valence-corrected chi connectivity index (χ2v) is 7.92. The van der Waals surface area contributed by atoms with E-state index in [2.05, 4.69) is 24.8 Å². The van der Waals surface area contributed by atoms with E-state index in [9.17, 15) is 4.39 Å². The number of halogens is 1. The van der Waals surface area contributed by atoms with E-state index in [4.69, 9.17) is 9.47 Å². The second kappa shape index (κ2) is 9.10. The zero-order valence-corrected chi connectivity index (χ0v) is 18.1. The summed E-state index contributed by atoms with van der Waals surface area (Å²) in [7, 11) is 1.65. The van der Waals surface area contributed by atoms with E-state index in [1.165, 1.54) is 6.07 Å². The zero-order chi connectivity index (χ0) is 21.9. The molecule has 1 saturated heterocycles. The van der Waals surface area contributed by atoms with E-state index in [0.717, 1.165) is 66.4 Å². The van der Waals surface area contributed by atoms with Crippen molar-refractivity contribution in [3.63, 3.8) is 0 Å². The number of hydrogen-bond donors (Lipinski definition) is 1. The third-order valence-corrected chi connectivity index (χ3v) is 5.98. The Labute approximate surface area is 185 Å². The number of aromatic amines is 1. The number of anilines is 1. The van der Waals surface area contributed by atoms with Gasteiger partial charge in [0.15, 0.2) is 5.82 Å². The Bertz CT molecular complexity index is 1220. The van der Waals surface area contributed by atoms with Gasteiger partial charge in [-0.25, -0.2) is 14.4 Å². The minimum absolute atomic E-state index is 0.212. The average Bonchev–Trinajstić information content (AvgIpc) is 3.21. The highest BCUT2D eigenvalue weighted by Crippen LogP contribution is 2.32. The van der Waals surface area contributed by atoms with Gasteiger partial charge in [0.1, 0.15) is 28.9 Å². The Morgan fingerprint density at radius 3 is 2.81 bits per heavy atom. The van der Waals surface area contributed by atoms with Crippen molar-refractivity contribution in [2.24, 2.45) is 0 Å². The van der Waals surface area contributed by atoms with Gasteiger partial charge in [-0.05, 0) is 24.3 Å². The third kappa shape index (κ3) is 4.11. The minimum Gasteiger partial charge on any atom is -0.497 e. The molecule has 0 amide bonds. The number of ether oxygens (including phenoxy) is 2. The fraction of sp³-hybridized carbons (Fsp3) is 0.333. The van der Waals surface area contributed by atoms with Crippen molar-refractivity contribution in [3.8, 4) is 5.75 Å². The standard InChI is InChI=1S/C24H26FN5O2/c1-31-18-6-7-21-19(14-18)22-23(28-21)24(27-16-26-22)30(9-8-29-10-12-32-13-11-29)15-17-4-2-3-5-20(17)25/h2-7,14,16,28H,8-13,15H2,1H3. The monoisotopic (exact) mass is 435 g/mol. The second-order valence-electron chi connectivity index (χ2n) is 7.92. The molecule has 1 aliphatic rings. The molecule has 5 rings (SSSR count). The van der Waals surface area contributed by atoms with Crippen LogP contribution >= 0.6 is 0 Å². The van der Waals surface area contributed by atoms with Gasteiger partial charge in [0, 0.05) is 49.2 Å². The van der Waals surface area contributed by atoms with Crippen LogP contribution in [0.3, 0.4) is 0 Å². The Morgan fingerprint density at radius 1 is 1.16 bits per heavy atom. The van der Waals surface area contributed by atoms with Gasteiger partial charge in [-0.15, -0.1) is 0 Å². The molecule has 1 fully saturated rings. The summed E-state index contributed by atoms with van der Waals surface area (Å²) >= 11 is 0. The summed E-state index contributed by atoms with van der Waals surface area (Å²) in [5, 5.41) is 0.974. The van der Waals surface area contributed by atoms with Gasteiger partial charge < -0.3 is 19.4 Å². The number of aromatic nitrogens is 3. The van der Waals surface area contributed by atoms with Crippen molar-refractivity contribution < 1.29 is 13.9 Å². The number of rotatable bonds is 7. The van der Waals surface area contributed by atoms with E-state index in [0.29, 0.717) is 18.7 Å². The maximum atomic E-state index is 14.5. The van der Waals surface area contributed by atoms with E-state index in [1.54, 1.807) is 19.5 Å². The first-order valence-electron chi connectivity index (χ1n) is 10.8. The number of H-pyrrole nitrogens is 1. The van der Waals surface area contributed by atoms with Gasteiger partial charge in [0.05, 0.1) is 20.3 Å². The van der Waals surface area contributed by atoms with Crippen LogP contribution in [0.15, 0.2) is 48.8 Å². The highest BCUT2D eigenvalue weighted by atomic mass is 19.1. The third-order valence-electron chi connectivity index (χ3n) is 5.98. The van der Waals surface area contributed by atoms with Crippen LogP contribution in [0.1, 0.15) is 5.56 Å². The molecule has 32 heavy (non-hydrogen) atoms. The summed E-state index contributed by atoms with van der Waals surface area (Å²) in [5.74, 6) is 1.33. The maximum Gasteiger partial charge on any atom is 0.156 e. The highest BCUT2D eigenvalue weighted by Gasteiger charge is 2.20. The van der Waals surface area contributed by atoms with E-state index < -0.39 is 0 Å². The summed E-state index contributed by atoms with van der Waals surface area (Å²) in [5.41, 5.74) is 3.27. The highest BCUT2D eigenvalue weighted by molar-refractivity contribution is 6.08. The number of nitrogens with zero attached hydrogens (tertiary/aromatic N) is 4.